The largest absolute Gasteiger partial charge is 0.480 e. The van der Waals surface area contributed by atoms with E-state index in [2.05, 4.69) is 10.5 Å². The lowest BCUT2D eigenvalue weighted by Gasteiger charge is -2.38. The number of hydrogen-bond donors (Lipinski definition) is 2. The fourth-order valence-electron chi connectivity index (χ4n) is 1.59. The smallest absolute Gasteiger partial charge is 0.323 e. The lowest BCUT2D eigenvalue weighted by Crippen LogP contribution is -2.56. The zero-order valence-electron chi connectivity index (χ0n) is 7.69. The molecule has 0 bridgehead atoms. The number of rotatable bonds is 4. The minimum absolute atomic E-state index is 0.423. The van der Waals surface area contributed by atoms with E-state index >= 15 is 0 Å². The van der Waals surface area contributed by atoms with E-state index in [-0.39, 0.29) is 0 Å². The highest BCUT2D eigenvalue weighted by Gasteiger charge is 2.43. The molecule has 0 atom stereocenters. The molecule has 5 heteroatoms. The van der Waals surface area contributed by atoms with Gasteiger partial charge in [-0.25, -0.2) is 0 Å². The molecule has 0 unspecified atom stereocenters. The summed E-state index contributed by atoms with van der Waals surface area (Å²) in [7, 11) is 0. The number of carboxylic acid groups (broad SMARTS) is 1. The van der Waals surface area contributed by atoms with Crippen LogP contribution < -0.4 is 5.32 Å². The SMILES string of the molecule is O=C(O)C1(NCc2ccno2)CCC1. The highest BCUT2D eigenvalue weighted by molar-refractivity contribution is 5.79. The predicted octanol–water partition coefficient (Wildman–Crippen LogP) is 0.771. The summed E-state index contributed by atoms with van der Waals surface area (Å²) in [5, 5.41) is 15.6. The third-order valence-corrected chi connectivity index (χ3v) is 2.71. The first-order chi connectivity index (χ1) is 6.73. The lowest BCUT2D eigenvalue weighted by atomic mass is 9.77. The van der Waals surface area contributed by atoms with Gasteiger partial charge in [0.1, 0.15) is 11.3 Å². The second kappa shape index (κ2) is 3.42. The second-order valence-electron chi connectivity index (χ2n) is 3.57. The van der Waals surface area contributed by atoms with E-state index in [4.69, 9.17) is 9.63 Å². The van der Waals surface area contributed by atoms with Crippen molar-refractivity contribution in [2.75, 3.05) is 0 Å². The molecule has 0 spiro atoms. The van der Waals surface area contributed by atoms with Gasteiger partial charge in [-0.1, -0.05) is 5.16 Å². The number of aromatic nitrogens is 1. The van der Waals surface area contributed by atoms with Crippen LogP contribution in [0.15, 0.2) is 16.8 Å². The summed E-state index contributed by atoms with van der Waals surface area (Å²) in [4.78, 5) is 11.0. The molecule has 1 heterocycles. The average Bonchev–Trinajstić information content (AvgIpc) is 2.53. The Morgan fingerprint density at radius 2 is 2.50 bits per heavy atom. The van der Waals surface area contributed by atoms with Crippen LogP contribution in [0, 0.1) is 0 Å². The van der Waals surface area contributed by atoms with Crippen molar-refractivity contribution in [2.24, 2.45) is 0 Å². The van der Waals surface area contributed by atoms with Crippen LogP contribution in [0.1, 0.15) is 25.0 Å². The Labute approximate surface area is 81.1 Å². The summed E-state index contributed by atoms with van der Waals surface area (Å²) < 4.78 is 4.87. The molecule has 1 saturated carbocycles. The van der Waals surface area contributed by atoms with Crippen LogP contribution in [0.25, 0.3) is 0 Å². The predicted molar refractivity (Wildman–Crippen MR) is 47.6 cm³/mol. The third kappa shape index (κ3) is 1.50. The molecule has 0 amide bonds. The summed E-state index contributed by atoms with van der Waals surface area (Å²) in [6.45, 7) is 0.423. The van der Waals surface area contributed by atoms with Crippen LogP contribution in [0.5, 0.6) is 0 Å². The van der Waals surface area contributed by atoms with Crippen molar-refractivity contribution in [1.82, 2.24) is 10.5 Å². The topological polar surface area (TPSA) is 75.4 Å². The molecule has 0 aromatic carbocycles. The molecule has 0 saturated heterocycles. The molecule has 1 aliphatic carbocycles. The van der Waals surface area contributed by atoms with E-state index in [1.54, 1.807) is 12.3 Å². The van der Waals surface area contributed by atoms with Crippen molar-refractivity contribution in [1.29, 1.82) is 0 Å². The second-order valence-corrected chi connectivity index (χ2v) is 3.57. The Morgan fingerprint density at radius 1 is 1.71 bits per heavy atom. The number of aliphatic carboxylic acids is 1. The van der Waals surface area contributed by atoms with Gasteiger partial charge in [-0.2, -0.15) is 0 Å². The average molecular weight is 196 g/mol. The summed E-state index contributed by atoms with van der Waals surface area (Å²) in [5.74, 6) is -0.110. The van der Waals surface area contributed by atoms with Crippen LogP contribution >= 0.6 is 0 Å². The van der Waals surface area contributed by atoms with Crippen molar-refractivity contribution in [3.05, 3.63) is 18.0 Å². The fourth-order valence-corrected chi connectivity index (χ4v) is 1.59. The Morgan fingerprint density at radius 3 is 2.93 bits per heavy atom. The molecule has 1 fully saturated rings. The summed E-state index contributed by atoms with van der Waals surface area (Å²) in [5.41, 5.74) is -0.729. The molecule has 76 valence electrons. The van der Waals surface area contributed by atoms with Gasteiger partial charge >= 0.3 is 5.97 Å². The van der Waals surface area contributed by atoms with Gasteiger partial charge in [0.05, 0.1) is 12.7 Å². The highest BCUT2D eigenvalue weighted by Crippen LogP contribution is 2.32. The maximum Gasteiger partial charge on any atom is 0.323 e. The first kappa shape index (κ1) is 9.21. The monoisotopic (exact) mass is 196 g/mol. The molecule has 2 rings (SSSR count). The number of carbonyl (C=O) groups is 1. The number of carboxylic acids is 1. The normalized spacial score (nSPS) is 18.9. The van der Waals surface area contributed by atoms with Gasteiger partial charge in [0.2, 0.25) is 0 Å². The number of nitrogens with zero attached hydrogens (tertiary/aromatic N) is 1. The van der Waals surface area contributed by atoms with Gasteiger partial charge in [0.15, 0.2) is 0 Å². The lowest BCUT2D eigenvalue weighted by molar-refractivity contribution is -0.149. The molecular formula is C9H12N2O3. The van der Waals surface area contributed by atoms with E-state index in [1.807, 2.05) is 0 Å². The highest BCUT2D eigenvalue weighted by atomic mass is 16.5. The summed E-state index contributed by atoms with van der Waals surface area (Å²) in [6.07, 6.45) is 3.90. The molecular weight excluding hydrogens is 184 g/mol. The van der Waals surface area contributed by atoms with Crippen molar-refractivity contribution in [3.63, 3.8) is 0 Å². The minimum Gasteiger partial charge on any atom is -0.480 e. The van der Waals surface area contributed by atoms with Crippen LogP contribution in [0.4, 0.5) is 0 Å². The van der Waals surface area contributed by atoms with E-state index in [9.17, 15) is 4.79 Å². The quantitative estimate of drug-likeness (QED) is 0.744. The molecule has 14 heavy (non-hydrogen) atoms. The Balaban J connectivity index is 1.93. The molecule has 0 aliphatic heterocycles. The zero-order valence-corrected chi connectivity index (χ0v) is 7.69. The zero-order chi connectivity index (χ0) is 10.0. The number of nitrogens with one attached hydrogen (secondary N) is 1. The van der Waals surface area contributed by atoms with Crippen LogP contribution in [0.3, 0.4) is 0 Å². The van der Waals surface area contributed by atoms with Gasteiger partial charge in [-0.3, -0.25) is 10.1 Å². The van der Waals surface area contributed by atoms with Crippen LogP contribution in [0.2, 0.25) is 0 Å². The van der Waals surface area contributed by atoms with Crippen molar-refractivity contribution < 1.29 is 14.4 Å². The molecule has 2 N–H and O–H groups in total. The Hall–Kier alpha value is -1.36. The Bertz CT molecular complexity index is 317. The fraction of sp³-hybridized carbons (Fsp3) is 0.556. The van der Waals surface area contributed by atoms with Gasteiger partial charge < -0.3 is 9.63 Å². The summed E-state index contributed by atoms with van der Waals surface area (Å²) >= 11 is 0. The maximum atomic E-state index is 11.0. The molecule has 1 aromatic rings. The van der Waals surface area contributed by atoms with E-state index in [1.165, 1.54) is 0 Å². The van der Waals surface area contributed by atoms with Gasteiger partial charge in [0, 0.05) is 6.07 Å². The van der Waals surface area contributed by atoms with Crippen LogP contribution in [-0.4, -0.2) is 21.8 Å². The molecule has 1 aromatic heterocycles. The minimum atomic E-state index is -0.775. The standard InChI is InChI=1S/C9H12N2O3/c12-8(13)9(3-1-4-9)10-6-7-2-5-11-14-7/h2,5,10H,1,3-4,6H2,(H,12,13). The van der Waals surface area contributed by atoms with E-state index in [0.29, 0.717) is 25.1 Å². The Kier molecular flexibility index (Phi) is 2.25. The van der Waals surface area contributed by atoms with Gasteiger partial charge in [-0.15, -0.1) is 0 Å². The molecule has 0 radical (unpaired) electrons. The maximum absolute atomic E-state index is 11.0. The summed E-state index contributed by atoms with van der Waals surface area (Å²) in [6, 6.07) is 1.72. The third-order valence-electron chi connectivity index (χ3n) is 2.71. The van der Waals surface area contributed by atoms with E-state index < -0.39 is 11.5 Å². The van der Waals surface area contributed by atoms with Crippen molar-refractivity contribution >= 4 is 5.97 Å². The van der Waals surface area contributed by atoms with Crippen molar-refractivity contribution in [2.45, 2.75) is 31.3 Å². The van der Waals surface area contributed by atoms with Crippen LogP contribution in [-0.2, 0) is 11.3 Å². The van der Waals surface area contributed by atoms with Crippen molar-refractivity contribution in [3.8, 4) is 0 Å². The molecule has 1 aliphatic rings. The number of hydrogen-bond acceptors (Lipinski definition) is 4. The first-order valence-corrected chi connectivity index (χ1v) is 4.61. The van der Waals surface area contributed by atoms with Gasteiger partial charge in [-0.05, 0) is 19.3 Å². The molecule has 5 nitrogen and oxygen atoms in total. The first-order valence-electron chi connectivity index (χ1n) is 4.61. The van der Waals surface area contributed by atoms with Gasteiger partial charge in [0.25, 0.3) is 0 Å². The van der Waals surface area contributed by atoms with E-state index in [0.717, 1.165) is 6.42 Å².